The number of piperazine rings is 1. The van der Waals surface area contributed by atoms with Crippen molar-refractivity contribution in [1.82, 2.24) is 5.32 Å². The number of anilines is 1. The van der Waals surface area contributed by atoms with Crippen LogP contribution in [0.25, 0.3) is 0 Å². The molecule has 1 aromatic carbocycles. The van der Waals surface area contributed by atoms with Gasteiger partial charge in [-0.15, -0.1) is 0 Å². The van der Waals surface area contributed by atoms with Crippen LogP contribution in [0.4, 0.5) is 10.1 Å². The van der Waals surface area contributed by atoms with Gasteiger partial charge in [0.1, 0.15) is 17.9 Å². The minimum absolute atomic E-state index is 0.0477. The first kappa shape index (κ1) is 14.5. The number of aryl methyl sites for hydroxylation is 1. The summed E-state index contributed by atoms with van der Waals surface area (Å²) < 4.78 is 14.1. The van der Waals surface area contributed by atoms with E-state index >= 15 is 0 Å². The number of rotatable bonds is 2. The fourth-order valence-electron chi connectivity index (χ4n) is 2.48. The van der Waals surface area contributed by atoms with E-state index in [1.807, 2.05) is 13.8 Å². The first-order chi connectivity index (χ1) is 9.34. The van der Waals surface area contributed by atoms with E-state index in [1.54, 1.807) is 26.0 Å². The lowest BCUT2D eigenvalue weighted by atomic mass is 9.97. The SMILES string of the molecule is Cc1cccc(F)c1N1C(=O)C(C(C)C)NC(=O)C1C. The molecule has 2 amide bonds. The molecule has 1 aliphatic rings. The van der Waals surface area contributed by atoms with Crippen molar-refractivity contribution >= 4 is 17.5 Å². The predicted octanol–water partition coefficient (Wildman–Crippen LogP) is 2.01. The van der Waals surface area contributed by atoms with Crippen molar-refractivity contribution in [2.24, 2.45) is 5.92 Å². The third kappa shape index (κ3) is 2.28. The van der Waals surface area contributed by atoms with Gasteiger partial charge in [0.25, 0.3) is 5.91 Å². The van der Waals surface area contributed by atoms with E-state index in [1.165, 1.54) is 11.0 Å². The van der Waals surface area contributed by atoms with E-state index in [9.17, 15) is 14.0 Å². The Morgan fingerprint density at radius 2 is 1.95 bits per heavy atom. The molecule has 1 saturated heterocycles. The zero-order valence-electron chi connectivity index (χ0n) is 12.1. The van der Waals surface area contributed by atoms with Crippen LogP contribution in [0.15, 0.2) is 18.2 Å². The summed E-state index contributed by atoms with van der Waals surface area (Å²) in [5.74, 6) is -1.05. The van der Waals surface area contributed by atoms with Gasteiger partial charge >= 0.3 is 0 Å². The summed E-state index contributed by atoms with van der Waals surface area (Å²) in [7, 11) is 0. The maximum Gasteiger partial charge on any atom is 0.250 e. The Bertz CT molecular complexity index is 537. The molecule has 0 bridgehead atoms. The number of carbonyl (C=O) groups is 2. The second-order valence-corrected chi connectivity index (χ2v) is 5.52. The molecule has 1 heterocycles. The Hall–Kier alpha value is -1.91. The predicted molar refractivity (Wildman–Crippen MR) is 74.9 cm³/mol. The van der Waals surface area contributed by atoms with Crippen LogP contribution in [0, 0.1) is 18.7 Å². The van der Waals surface area contributed by atoms with Crippen molar-refractivity contribution in [1.29, 1.82) is 0 Å². The normalized spacial score (nSPS) is 23.2. The number of nitrogens with one attached hydrogen (secondary N) is 1. The minimum atomic E-state index is -0.715. The summed E-state index contributed by atoms with van der Waals surface area (Å²) in [6.45, 7) is 7.04. The van der Waals surface area contributed by atoms with E-state index in [-0.39, 0.29) is 23.4 Å². The molecular formula is C15H19FN2O2. The molecule has 0 radical (unpaired) electrons. The number of nitrogens with zero attached hydrogens (tertiary/aromatic N) is 1. The van der Waals surface area contributed by atoms with Crippen molar-refractivity contribution in [3.8, 4) is 0 Å². The Labute approximate surface area is 118 Å². The number of para-hydroxylation sites is 1. The number of hydrogen-bond donors (Lipinski definition) is 1. The largest absolute Gasteiger partial charge is 0.342 e. The lowest BCUT2D eigenvalue weighted by molar-refractivity contribution is -0.134. The van der Waals surface area contributed by atoms with Crippen LogP contribution in [0.2, 0.25) is 0 Å². The molecule has 5 heteroatoms. The second kappa shape index (κ2) is 5.23. The number of hydrogen-bond acceptors (Lipinski definition) is 2. The average Bonchev–Trinajstić information content (AvgIpc) is 2.37. The number of halogens is 1. The summed E-state index contributed by atoms with van der Waals surface area (Å²) in [5.41, 5.74) is 0.841. The molecule has 4 nitrogen and oxygen atoms in total. The van der Waals surface area contributed by atoms with Gasteiger partial charge in [-0.2, -0.15) is 0 Å². The van der Waals surface area contributed by atoms with Gasteiger partial charge in [-0.05, 0) is 31.4 Å². The van der Waals surface area contributed by atoms with E-state index in [4.69, 9.17) is 0 Å². The summed E-state index contributed by atoms with van der Waals surface area (Å²) in [6.07, 6.45) is 0. The van der Waals surface area contributed by atoms with Gasteiger partial charge < -0.3 is 5.32 Å². The monoisotopic (exact) mass is 278 g/mol. The Kier molecular flexibility index (Phi) is 3.79. The highest BCUT2D eigenvalue weighted by Crippen LogP contribution is 2.29. The van der Waals surface area contributed by atoms with Crippen molar-refractivity contribution in [3.63, 3.8) is 0 Å². The molecule has 0 spiro atoms. The fraction of sp³-hybridized carbons (Fsp3) is 0.467. The molecule has 2 atom stereocenters. The van der Waals surface area contributed by atoms with E-state index < -0.39 is 17.9 Å². The highest BCUT2D eigenvalue weighted by Gasteiger charge is 2.41. The van der Waals surface area contributed by atoms with Gasteiger partial charge in [-0.25, -0.2) is 4.39 Å². The van der Waals surface area contributed by atoms with Crippen LogP contribution in [0.1, 0.15) is 26.3 Å². The second-order valence-electron chi connectivity index (χ2n) is 5.52. The number of benzene rings is 1. The smallest absolute Gasteiger partial charge is 0.250 e. The lowest BCUT2D eigenvalue weighted by Gasteiger charge is -2.39. The summed E-state index contributed by atoms with van der Waals surface area (Å²) in [4.78, 5) is 25.9. The van der Waals surface area contributed by atoms with Crippen LogP contribution >= 0.6 is 0 Å². The Balaban J connectivity index is 2.52. The highest BCUT2D eigenvalue weighted by atomic mass is 19.1. The summed E-state index contributed by atoms with van der Waals surface area (Å²) in [5, 5.41) is 2.70. The molecule has 0 aliphatic carbocycles. The van der Waals surface area contributed by atoms with Gasteiger partial charge in [0.2, 0.25) is 5.91 Å². The van der Waals surface area contributed by atoms with E-state index in [0.29, 0.717) is 5.56 Å². The Morgan fingerprint density at radius 3 is 2.50 bits per heavy atom. The van der Waals surface area contributed by atoms with Gasteiger partial charge in [-0.3, -0.25) is 14.5 Å². The molecule has 1 fully saturated rings. The maximum absolute atomic E-state index is 14.1. The molecule has 108 valence electrons. The quantitative estimate of drug-likeness (QED) is 0.899. The lowest BCUT2D eigenvalue weighted by Crippen LogP contribution is -2.64. The minimum Gasteiger partial charge on any atom is -0.342 e. The zero-order chi connectivity index (χ0) is 15.0. The van der Waals surface area contributed by atoms with E-state index in [2.05, 4.69) is 5.32 Å². The fourth-order valence-corrected chi connectivity index (χ4v) is 2.48. The molecule has 1 aromatic rings. The van der Waals surface area contributed by atoms with Crippen molar-refractivity contribution in [2.45, 2.75) is 39.8 Å². The van der Waals surface area contributed by atoms with Gasteiger partial charge in [-0.1, -0.05) is 26.0 Å². The third-order valence-corrected chi connectivity index (χ3v) is 3.66. The molecule has 0 aromatic heterocycles. The molecule has 20 heavy (non-hydrogen) atoms. The summed E-state index contributed by atoms with van der Waals surface area (Å²) in [6, 6.07) is 3.30. The number of carbonyl (C=O) groups excluding carboxylic acids is 2. The van der Waals surface area contributed by atoms with E-state index in [0.717, 1.165) is 0 Å². The highest BCUT2D eigenvalue weighted by molar-refractivity contribution is 6.08. The molecule has 0 saturated carbocycles. The average molecular weight is 278 g/mol. The first-order valence-corrected chi connectivity index (χ1v) is 6.73. The Morgan fingerprint density at radius 1 is 1.30 bits per heavy atom. The molecular weight excluding hydrogens is 259 g/mol. The molecule has 2 unspecified atom stereocenters. The topological polar surface area (TPSA) is 49.4 Å². The van der Waals surface area contributed by atoms with Crippen LogP contribution in [0.3, 0.4) is 0 Å². The van der Waals surface area contributed by atoms with Gasteiger partial charge in [0, 0.05) is 0 Å². The van der Waals surface area contributed by atoms with Crippen molar-refractivity contribution in [3.05, 3.63) is 29.6 Å². The van der Waals surface area contributed by atoms with Gasteiger partial charge in [0.05, 0.1) is 5.69 Å². The molecule has 2 rings (SSSR count). The van der Waals surface area contributed by atoms with Crippen LogP contribution in [-0.4, -0.2) is 23.9 Å². The molecule has 1 N–H and O–H groups in total. The number of amides is 2. The first-order valence-electron chi connectivity index (χ1n) is 6.73. The van der Waals surface area contributed by atoms with Crippen molar-refractivity contribution in [2.75, 3.05) is 4.90 Å². The summed E-state index contributed by atoms with van der Waals surface area (Å²) >= 11 is 0. The van der Waals surface area contributed by atoms with Gasteiger partial charge in [0.15, 0.2) is 0 Å². The third-order valence-electron chi connectivity index (χ3n) is 3.66. The van der Waals surface area contributed by atoms with Crippen LogP contribution in [-0.2, 0) is 9.59 Å². The van der Waals surface area contributed by atoms with Crippen molar-refractivity contribution < 1.29 is 14.0 Å². The van der Waals surface area contributed by atoms with Crippen LogP contribution in [0.5, 0.6) is 0 Å². The molecule has 1 aliphatic heterocycles. The zero-order valence-corrected chi connectivity index (χ0v) is 12.1. The standard InChI is InChI=1S/C15H19FN2O2/c1-8(2)12-15(20)18(10(4)14(19)17-12)13-9(3)6-5-7-11(13)16/h5-8,10,12H,1-4H3,(H,17,19). The maximum atomic E-state index is 14.1. The van der Waals surface area contributed by atoms with Crippen LogP contribution < -0.4 is 10.2 Å².